The van der Waals surface area contributed by atoms with E-state index >= 15 is 0 Å². The topological polar surface area (TPSA) is 26.7 Å². The van der Waals surface area contributed by atoms with Crippen LogP contribution in [0.2, 0.25) is 0 Å². The number of hydrogen-bond acceptors (Lipinski definition) is 3. The molecular weight excluding hydrogens is 487 g/mol. The van der Waals surface area contributed by atoms with Crippen LogP contribution in [0, 0.1) is 6.92 Å². The van der Waals surface area contributed by atoms with Gasteiger partial charge in [-0.15, -0.1) is 24.8 Å². The molecule has 194 valence electrons. The smallest absolute Gasteiger partial charge is 0.0434 e. The minimum atomic E-state index is 0. The van der Waals surface area contributed by atoms with Crippen LogP contribution < -0.4 is 4.90 Å². The van der Waals surface area contributed by atoms with Gasteiger partial charge in [0.25, 0.3) is 0 Å². The predicted octanol–water partition coefficient (Wildman–Crippen LogP) is 7.10. The molecule has 1 heterocycles. The summed E-state index contributed by atoms with van der Waals surface area (Å²) in [7, 11) is 0. The van der Waals surface area contributed by atoms with Crippen LogP contribution in [0.4, 0.5) is 5.69 Å². The molecule has 0 bridgehead atoms. The molecule has 0 amide bonds. The quantitative estimate of drug-likeness (QED) is 0.317. The molecular formula is C31H40Cl2N2O. The molecule has 1 saturated heterocycles. The highest BCUT2D eigenvalue weighted by atomic mass is 35.5. The molecule has 3 aromatic rings. The number of aliphatic hydroxyl groups excluding tert-OH is 1. The van der Waals surface area contributed by atoms with Crippen LogP contribution in [0.25, 0.3) is 11.1 Å². The van der Waals surface area contributed by atoms with Crippen LogP contribution >= 0.6 is 24.8 Å². The summed E-state index contributed by atoms with van der Waals surface area (Å²) in [6.45, 7) is 11.3. The van der Waals surface area contributed by atoms with Gasteiger partial charge in [-0.2, -0.15) is 0 Å². The van der Waals surface area contributed by atoms with Gasteiger partial charge in [-0.1, -0.05) is 72.3 Å². The number of piperazine rings is 1. The third kappa shape index (κ3) is 7.36. The van der Waals surface area contributed by atoms with Crippen molar-refractivity contribution in [2.45, 2.75) is 39.7 Å². The largest absolute Gasteiger partial charge is 0.396 e. The van der Waals surface area contributed by atoms with Crippen molar-refractivity contribution in [3.05, 3.63) is 101 Å². The molecule has 36 heavy (non-hydrogen) atoms. The first kappa shape index (κ1) is 29.9. The molecule has 0 unspecified atom stereocenters. The van der Waals surface area contributed by atoms with Gasteiger partial charge in [0, 0.05) is 44.5 Å². The number of halogens is 2. The Morgan fingerprint density at radius 2 is 1.31 bits per heavy atom. The van der Waals surface area contributed by atoms with Gasteiger partial charge in [-0.3, -0.25) is 4.90 Å². The number of aliphatic hydroxyl groups is 1. The highest BCUT2D eigenvalue weighted by Crippen LogP contribution is 2.36. The lowest BCUT2D eigenvalue weighted by molar-refractivity contribution is 0.209. The Morgan fingerprint density at radius 1 is 0.750 bits per heavy atom. The average Bonchev–Trinajstić information content (AvgIpc) is 2.88. The summed E-state index contributed by atoms with van der Waals surface area (Å²) in [6, 6.07) is 29.2. The van der Waals surface area contributed by atoms with Crippen molar-refractivity contribution < 1.29 is 5.11 Å². The Balaban J connectivity index is 0.00000228. The van der Waals surface area contributed by atoms with Crippen molar-refractivity contribution in [3.8, 4) is 0 Å². The van der Waals surface area contributed by atoms with Crippen molar-refractivity contribution in [2.75, 3.05) is 37.7 Å². The first-order valence-electron chi connectivity index (χ1n) is 12.6. The van der Waals surface area contributed by atoms with E-state index in [0.717, 1.165) is 39.0 Å². The summed E-state index contributed by atoms with van der Waals surface area (Å²) < 4.78 is 0. The summed E-state index contributed by atoms with van der Waals surface area (Å²) in [5, 5.41) is 9.62. The Labute approximate surface area is 229 Å². The van der Waals surface area contributed by atoms with E-state index in [1.165, 1.54) is 39.1 Å². The third-order valence-corrected chi connectivity index (χ3v) is 6.91. The molecule has 1 N–H and O–H groups in total. The van der Waals surface area contributed by atoms with Crippen molar-refractivity contribution in [3.63, 3.8) is 0 Å². The van der Waals surface area contributed by atoms with E-state index in [4.69, 9.17) is 0 Å². The first-order chi connectivity index (χ1) is 16.6. The van der Waals surface area contributed by atoms with Crippen LogP contribution in [-0.2, 0) is 0 Å². The van der Waals surface area contributed by atoms with Crippen LogP contribution in [-0.4, -0.2) is 48.8 Å². The molecule has 3 aromatic carbocycles. The van der Waals surface area contributed by atoms with Crippen LogP contribution in [0.3, 0.4) is 0 Å². The zero-order valence-electron chi connectivity index (χ0n) is 21.7. The molecule has 5 heteroatoms. The van der Waals surface area contributed by atoms with Gasteiger partial charge in [-0.25, -0.2) is 0 Å². The number of rotatable bonds is 8. The summed E-state index contributed by atoms with van der Waals surface area (Å²) in [4.78, 5) is 5.05. The highest BCUT2D eigenvalue weighted by Gasteiger charge is 2.20. The molecule has 0 spiro atoms. The normalized spacial score (nSPS) is 14.6. The maximum Gasteiger partial charge on any atom is 0.0434 e. The monoisotopic (exact) mass is 526 g/mol. The molecule has 1 aliphatic rings. The third-order valence-electron chi connectivity index (χ3n) is 6.91. The lowest BCUT2D eigenvalue weighted by atomic mass is 9.87. The van der Waals surface area contributed by atoms with E-state index in [0.29, 0.717) is 6.04 Å². The highest BCUT2D eigenvalue weighted by molar-refractivity contribution is 5.98. The van der Waals surface area contributed by atoms with Gasteiger partial charge in [0.1, 0.15) is 0 Å². The zero-order chi connectivity index (χ0) is 23.9. The Bertz CT molecular complexity index is 1070. The zero-order valence-corrected chi connectivity index (χ0v) is 23.3. The Hall–Kier alpha value is -2.30. The van der Waals surface area contributed by atoms with Crippen LogP contribution in [0.15, 0.2) is 78.9 Å². The van der Waals surface area contributed by atoms with Crippen molar-refractivity contribution in [1.29, 1.82) is 0 Å². The average molecular weight is 528 g/mol. The molecule has 3 nitrogen and oxygen atoms in total. The second-order valence-electron chi connectivity index (χ2n) is 9.58. The van der Waals surface area contributed by atoms with Crippen LogP contribution in [0.1, 0.15) is 48.9 Å². The van der Waals surface area contributed by atoms with Gasteiger partial charge < -0.3 is 10.0 Å². The number of benzene rings is 3. The maximum atomic E-state index is 9.62. The predicted molar refractivity (Wildman–Crippen MR) is 160 cm³/mol. The van der Waals surface area contributed by atoms with Crippen molar-refractivity contribution in [2.24, 2.45) is 0 Å². The second kappa shape index (κ2) is 14.4. The summed E-state index contributed by atoms with van der Waals surface area (Å²) in [5.41, 5.74) is 8.78. The Morgan fingerprint density at radius 3 is 1.83 bits per heavy atom. The summed E-state index contributed by atoms with van der Waals surface area (Å²) in [6.07, 6.45) is 1.58. The SMILES string of the molecule is Cc1ccc(/C(=C(\CCCO)c2ccccc2)c2ccc(N3CCN(C(C)C)CC3)cc2)cc1.Cl.Cl. The maximum absolute atomic E-state index is 9.62. The molecule has 0 aliphatic carbocycles. The second-order valence-corrected chi connectivity index (χ2v) is 9.58. The van der Waals surface area contributed by atoms with E-state index in [1.807, 2.05) is 0 Å². The van der Waals surface area contributed by atoms with Crippen molar-refractivity contribution >= 4 is 41.6 Å². The lowest BCUT2D eigenvalue weighted by Gasteiger charge is -2.38. The molecule has 0 radical (unpaired) electrons. The van der Waals surface area contributed by atoms with Gasteiger partial charge in [0.05, 0.1) is 0 Å². The molecule has 0 saturated carbocycles. The molecule has 1 fully saturated rings. The summed E-state index contributed by atoms with van der Waals surface area (Å²) >= 11 is 0. The fourth-order valence-electron chi connectivity index (χ4n) is 4.88. The van der Waals surface area contributed by atoms with E-state index < -0.39 is 0 Å². The number of hydrogen-bond donors (Lipinski definition) is 1. The van der Waals surface area contributed by atoms with Gasteiger partial charge in [0.2, 0.25) is 0 Å². The molecule has 0 atom stereocenters. The lowest BCUT2D eigenvalue weighted by Crippen LogP contribution is -2.48. The molecule has 0 aromatic heterocycles. The fourth-order valence-corrected chi connectivity index (χ4v) is 4.88. The van der Waals surface area contributed by atoms with Gasteiger partial charge in [0.15, 0.2) is 0 Å². The summed E-state index contributed by atoms with van der Waals surface area (Å²) in [5.74, 6) is 0. The number of anilines is 1. The van der Waals surface area contributed by atoms with Gasteiger partial charge in [-0.05, 0) is 73.6 Å². The Kier molecular flexibility index (Phi) is 12.0. The number of aryl methyl sites for hydroxylation is 1. The van der Waals surface area contributed by atoms with E-state index in [9.17, 15) is 5.11 Å². The van der Waals surface area contributed by atoms with E-state index in [1.54, 1.807) is 0 Å². The minimum Gasteiger partial charge on any atom is -0.396 e. The number of allylic oxidation sites excluding steroid dienone is 1. The van der Waals surface area contributed by atoms with E-state index in [-0.39, 0.29) is 31.4 Å². The number of nitrogens with zero attached hydrogens (tertiary/aromatic N) is 2. The minimum absolute atomic E-state index is 0. The standard InChI is InChI=1S/C31H38N2O.2ClH/c1-24(2)32-19-21-33(22-20-32)29-17-15-28(16-18-29)31(27-13-11-25(3)12-14-27)30(10-7-23-34)26-8-5-4-6-9-26;;/h4-6,8-9,11-18,24,34H,7,10,19-23H2,1-3H3;2*1H/b31-30-;;. The van der Waals surface area contributed by atoms with Gasteiger partial charge >= 0.3 is 0 Å². The first-order valence-corrected chi connectivity index (χ1v) is 12.6. The van der Waals surface area contributed by atoms with Crippen LogP contribution in [0.5, 0.6) is 0 Å². The fraction of sp³-hybridized carbons (Fsp3) is 0.355. The van der Waals surface area contributed by atoms with E-state index in [2.05, 4.69) is 109 Å². The molecule has 1 aliphatic heterocycles. The van der Waals surface area contributed by atoms with Crippen molar-refractivity contribution in [1.82, 2.24) is 4.90 Å². The molecule has 4 rings (SSSR count).